The predicted molar refractivity (Wildman–Crippen MR) is 103 cm³/mol. The summed E-state index contributed by atoms with van der Waals surface area (Å²) in [7, 11) is 0. The second kappa shape index (κ2) is 7.84. The lowest BCUT2D eigenvalue weighted by molar-refractivity contribution is -0.129. The average molecular weight is 418 g/mol. The molecule has 0 unspecified atom stereocenters. The number of amides is 4. The van der Waals surface area contributed by atoms with Crippen LogP contribution < -0.4 is 5.32 Å². The molecule has 29 heavy (non-hydrogen) atoms. The second-order valence-electron chi connectivity index (χ2n) is 6.77. The first-order valence-electron chi connectivity index (χ1n) is 9.20. The number of hydrogen-bond donors (Lipinski definition) is 1. The third-order valence-corrected chi connectivity index (χ3v) is 5.84. The van der Waals surface area contributed by atoms with Crippen LogP contribution in [0.15, 0.2) is 24.3 Å². The maximum Gasteiger partial charge on any atom is 0.327 e. The molecular formula is C18H19FN6O3S. The Morgan fingerprint density at radius 3 is 2.72 bits per heavy atom. The minimum absolute atomic E-state index is 0.168. The van der Waals surface area contributed by atoms with Crippen LogP contribution in [0.5, 0.6) is 0 Å². The van der Waals surface area contributed by atoms with Crippen LogP contribution in [0.3, 0.4) is 0 Å². The van der Waals surface area contributed by atoms with Gasteiger partial charge in [0.25, 0.3) is 11.8 Å². The standard InChI is InChI=1S/C18H19FN6O3S/c1-2-24-17(27)13-9-23(7-8-25(13)18(24)28)10-14-21-22-16(29-14)15(26)20-12-5-3-11(19)4-6-12/h3-6,13H,2,7-10H2,1H3,(H,20,26)/t13-/m1/s1. The monoisotopic (exact) mass is 418 g/mol. The molecule has 0 saturated carbocycles. The molecule has 0 radical (unpaired) electrons. The maximum atomic E-state index is 13.0. The number of anilines is 1. The quantitative estimate of drug-likeness (QED) is 0.737. The minimum atomic E-state index is -0.467. The van der Waals surface area contributed by atoms with Crippen molar-refractivity contribution in [3.05, 3.63) is 40.1 Å². The highest BCUT2D eigenvalue weighted by molar-refractivity contribution is 7.13. The molecule has 2 aliphatic rings. The molecule has 0 aliphatic carbocycles. The second-order valence-corrected chi connectivity index (χ2v) is 7.83. The van der Waals surface area contributed by atoms with E-state index in [0.29, 0.717) is 43.4 Å². The first kappa shape index (κ1) is 19.4. The number of piperazine rings is 1. The summed E-state index contributed by atoms with van der Waals surface area (Å²) in [4.78, 5) is 41.8. The van der Waals surface area contributed by atoms with E-state index in [1.807, 2.05) is 4.90 Å². The molecule has 1 N–H and O–H groups in total. The van der Waals surface area contributed by atoms with Crippen LogP contribution in [0, 0.1) is 5.82 Å². The molecule has 2 fully saturated rings. The van der Waals surface area contributed by atoms with Crippen LogP contribution in [-0.4, -0.2) is 75.0 Å². The Morgan fingerprint density at radius 1 is 1.24 bits per heavy atom. The van der Waals surface area contributed by atoms with E-state index in [1.165, 1.54) is 29.2 Å². The molecule has 2 aliphatic heterocycles. The summed E-state index contributed by atoms with van der Waals surface area (Å²) in [6.45, 7) is 4.11. The van der Waals surface area contributed by atoms with Crippen LogP contribution in [0.1, 0.15) is 21.7 Å². The number of benzene rings is 1. The van der Waals surface area contributed by atoms with Crippen molar-refractivity contribution in [3.63, 3.8) is 0 Å². The zero-order valence-corrected chi connectivity index (χ0v) is 16.5. The molecule has 2 saturated heterocycles. The van der Waals surface area contributed by atoms with Gasteiger partial charge in [-0.1, -0.05) is 11.3 Å². The molecule has 9 nitrogen and oxygen atoms in total. The van der Waals surface area contributed by atoms with Crippen molar-refractivity contribution in [3.8, 4) is 0 Å². The third-order valence-electron chi connectivity index (χ3n) is 4.93. The van der Waals surface area contributed by atoms with Gasteiger partial charge in [-0.25, -0.2) is 9.18 Å². The Hall–Kier alpha value is -2.92. The number of nitrogens with one attached hydrogen (secondary N) is 1. The highest BCUT2D eigenvalue weighted by Gasteiger charge is 2.46. The number of aromatic nitrogens is 2. The molecule has 3 heterocycles. The maximum absolute atomic E-state index is 13.0. The van der Waals surface area contributed by atoms with Crippen LogP contribution >= 0.6 is 11.3 Å². The highest BCUT2D eigenvalue weighted by atomic mass is 32.1. The molecule has 152 valence electrons. The molecule has 11 heteroatoms. The zero-order chi connectivity index (χ0) is 20.5. The van der Waals surface area contributed by atoms with Gasteiger partial charge >= 0.3 is 6.03 Å². The number of rotatable bonds is 5. The topological polar surface area (TPSA) is 98.7 Å². The van der Waals surface area contributed by atoms with Crippen LogP contribution in [-0.2, 0) is 11.3 Å². The van der Waals surface area contributed by atoms with Gasteiger partial charge in [0.1, 0.15) is 16.9 Å². The first-order valence-corrected chi connectivity index (χ1v) is 10.0. The van der Waals surface area contributed by atoms with Crippen LogP contribution in [0.4, 0.5) is 14.9 Å². The molecule has 1 aromatic carbocycles. The molecule has 4 amide bonds. The number of nitrogens with zero attached hydrogens (tertiary/aromatic N) is 5. The first-order chi connectivity index (χ1) is 14.0. The van der Waals surface area contributed by atoms with Gasteiger partial charge in [-0.15, -0.1) is 10.2 Å². The third kappa shape index (κ3) is 3.83. The molecule has 0 spiro atoms. The highest BCUT2D eigenvalue weighted by Crippen LogP contribution is 2.23. The van der Waals surface area contributed by atoms with Crippen molar-refractivity contribution in [2.45, 2.75) is 19.5 Å². The number of halogens is 1. The Balaban J connectivity index is 1.37. The van der Waals surface area contributed by atoms with E-state index in [1.54, 1.807) is 11.8 Å². The molecule has 1 aromatic heterocycles. The fourth-order valence-corrected chi connectivity index (χ4v) is 4.24. The van der Waals surface area contributed by atoms with Crippen LogP contribution in [0.25, 0.3) is 0 Å². The molecular weight excluding hydrogens is 399 g/mol. The summed E-state index contributed by atoms with van der Waals surface area (Å²) < 4.78 is 13.0. The van der Waals surface area contributed by atoms with Gasteiger partial charge in [-0.2, -0.15) is 0 Å². The largest absolute Gasteiger partial charge is 0.327 e. The molecule has 0 bridgehead atoms. The van der Waals surface area contributed by atoms with Gasteiger partial charge < -0.3 is 10.2 Å². The van der Waals surface area contributed by atoms with Gasteiger partial charge in [0, 0.05) is 31.9 Å². The predicted octanol–water partition coefficient (Wildman–Crippen LogP) is 1.40. The van der Waals surface area contributed by atoms with E-state index in [2.05, 4.69) is 15.5 Å². The van der Waals surface area contributed by atoms with Crippen molar-refractivity contribution < 1.29 is 18.8 Å². The number of fused-ring (bicyclic) bond motifs is 1. The van der Waals surface area contributed by atoms with Gasteiger partial charge in [-0.05, 0) is 31.2 Å². The Bertz CT molecular complexity index is 949. The summed E-state index contributed by atoms with van der Waals surface area (Å²) in [5.41, 5.74) is 0.467. The number of hydrogen-bond acceptors (Lipinski definition) is 7. The smallest absolute Gasteiger partial charge is 0.320 e. The van der Waals surface area contributed by atoms with Crippen molar-refractivity contribution in [1.82, 2.24) is 24.9 Å². The lowest BCUT2D eigenvalue weighted by Gasteiger charge is -2.34. The summed E-state index contributed by atoms with van der Waals surface area (Å²) in [5.74, 6) is -0.968. The Labute approximate surface area is 170 Å². The van der Waals surface area contributed by atoms with Gasteiger partial charge in [0.05, 0.1) is 6.54 Å². The lowest BCUT2D eigenvalue weighted by atomic mass is 10.2. The molecule has 1 atom stereocenters. The Morgan fingerprint density at radius 2 is 2.00 bits per heavy atom. The van der Waals surface area contributed by atoms with Crippen molar-refractivity contribution in [1.29, 1.82) is 0 Å². The van der Waals surface area contributed by atoms with Crippen molar-refractivity contribution >= 4 is 34.9 Å². The fraction of sp³-hybridized carbons (Fsp3) is 0.389. The van der Waals surface area contributed by atoms with Gasteiger partial charge in [0.15, 0.2) is 0 Å². The lowest BCUT2D eigenvalue weighted by Crippen LogP contribution is -2.52. The number of carbonyl (C=O) groups is 3. The number of likely N-dealkylation sites (N-methyl/N-ethyl adjacent to an activating group) is 1. The van der Waals surface area contributed by atoms with E-state index >= 15 is 0 Å². The van der Waals surface area contributed by atoms with Gasteiger partial charge in [0.2, 0.25) is 5.01 Å². The van der Waals surface area contributed by atoms with Crippen LogP contribution in [0.2, 0.25) is 0 Å². The van der Waals surface area contributed by atoms with E-state index in [4.69, 9.17) is 0 Å². The number of carbonyl (C=O) groups excluding carboxylic acids is 3. The average Bonchev–Trinajstić information content (AvgIpc) is 3.27. The summed E-state index contributed by atoms with van der Waals surface area (Å²) >= 11 is 1.16. The van der Waals surface area contributed by atoms with Crippen molar-refractivity contribution in [2.75, 3.05) is 31.5 Å². The van der Waals surface area contributed by atoms with Gasteiger partial charge in [-0.3, -0.25) is 19.4 Å². The van der Waals surface area contributed by atoms with E-state index in [0.717, 1.165) is 11.3 Å². The molecule has 2 aromatic rings. The van der Waals surface area contributed by atoms with E-state index in [-0.39, 0.29) is 22.8 Å². The number of urea groups is 1. The van der Waals surface area contributed by atoms with E-state index < -0.39 is 11.9 Å². The Kier molecular flexibility index (Phi) is 5.24. The fourth-order valence-electron chi connectivity index (χ4n) is 3.46. The summed E-state index contributed by atoms with van der Waals surface area (Å²) in [6.07, 6.45) is 0. The van der Waals surface area contributed by atoms with E-state index in [9.17, 15) is 18.8 Å². The minimum Gasteiger partial charge on any atom is -0.320 e. The molecule has 4 rings (SSSR count). The van der Waals surface area contributed by atoms with Crippen molar-refractivity contribution in [2.24, 2.45) is 0 Å². The zero-order valence-electron chi connectivity index (χ0n) is 15.7. The SMILES string of the molecule is CCN1C(=O)[C@H]2CN(Cc3nnc(C(=O)Nc4ccc(F)cc4)s3)CCN2C1=O. The number of imide groups is 1. The summed E-state index contributed by atoms with van der Waals surface area (Å²) in [6, 6.07) is 4.76. The summed E-state index contributed by atoms with van der Waals surface area (Å²) in [5, 5.41) is 11.5. The normalized spacial score (nSPS) is 19.6.